The lowest BCUT2D eigenvalue weighted by Crippen LogP contribution is -2.24. The molecule has 1 N–H and O–H groups in total. The Balaban J connectivity index is 1.81. The van der Waals surface area contributed by atoms with Gasteiger partial charge in [-0.05, 0) is 42.8 Å². The fourth-order valence-corrected chi connectivity index (χ4v) is 3.99. The van der Waals surface area contributed by atoms with E-state index in [-0.39, 0.29) is 11.4 Å². The lowest BCUT2D eigenvalue weighted by molar-refractivity contribution is 0.579. The maximum absolute atomic E-state index is 12.5. The largest absolute Gasteiger partial charge is 0.266 e. The van der Waals surface area contributed by atoms with Gasteiger partial charge in [0.25, 0.3) is 0 Å². The zero-order chi connectivity index (χ0) is 18.0. The van der Waals surface area contributed by atoms with E-state index in [4.69, 9.17) is 11.6 Å². The van der Waals surface area contributed by atoms with Crippen LogP contribution in [0.2, 0.25) is 5.02 Å². The Morgan fingerprint density at radius 2 is 2.00 bits per heavy atom. The van der Waals surface area contributed by atoms with E-state index in [9.17, 15) is 8.42 Å². The SMILES string of the molecule is Cc1c(Cl)cccc1S(=O)(=O)NCc1cc(-c2ccccn2)n(C)n1. The smallest absolute Gasteiger partial charge is 0.241 e. The Morgan fingerprint density at radius 3 is 2.72 bits per heavy atom. The Hall–Kier alpha value is -2.22. The number of hydrogen-bond acceptors (Lipinski definition) is 4. The van der Waals surface area contributed by atoms with Crippen LogP contribution in [0.1, 0.15) is 11.3 Å². The third kappa shape index (κ3) is 3.73. The number of sulfonamides is 1. The zero-order valence-electron chi connectivity index (χ0n) is 13.8. The first-order valence-corrected chi connectivity index (χ1v) is 9.44. The van der Waals surface area contributed by atoms with Crippen LogP contribution in [0.4, 0.5) is 0 Å². The topological polar surface area (TPSA) is 76.9 Å². The fraction of sp³-hybridized carbons (Fsp3) is 0.176. The second-order valence-corrected chi connectivity index (χ2v) is 7.69. The van der Waals surface area contributed by atoms with Crippen molar-refractivity contribution in [2.45, 2.75) is 18.4 Å². The van der Waals surface area contributed by atoms with E-state index >= 15 is 0 Å². The molecule has 0 atom stereocenters. The quantitative estimate of drug-likeness (QED) is 0.742. The highest BCUT2D eigenvalue weighted by Gasteiger charge is 2.19. The normalized spacial score (nSPS) is 11.6. The first-order valence-electron chi connectivity index (χ1n) is 7.57. The van der Waals surface area contributed by atoms with Gasteiger partial charge in [0.15, 0.2) is 0 Å². The molecule has 0 saturated carbocycles. The molecular weight excluding hydrogens is 360 g/mol. The number of pyridine rings is 1. The van der Waals surface area contributed by atoms with E-state index in [1.165, 1.54) is 6.07 Å². The Bertz CT molecular complexity index is 1000. The van der Waals surface area contributed by atoms with Gasteiger partial charge in [0.2, 0.25) is 10.0 Å². The molecule has 0 unspecified atom stereocenters. The average molecular weight is 377 g/mol. The van der Waals surface area contributed by atoms with Gasteiger partial charge in [-0.25, -0.2) is 13.1 Å². The highest BCUT2D eigenvalue weighted by atomic mass is 35.5. The maximum atomic E-state index is 12.5. The van der Waals surface area contributed by atoms with E-state index < -0.39 is 10.0 Å². The molecule has 2 heterocycles. The van der Waals surface area contributed by atoms with Gasteiger partial charge in [-0.1, -0.05) is 23.7 Å². The second kappa shape index (κ2) is 6.95. The summed E-state index contributed by atoms with van der Waals surface area (Å²) in [7, 11) is -1.88. The summed E-state index contributed by atoms with van der Waals surface area (Å²) in [6.07, 6.45) is 1.70. The minimum absolute atomic E-state index is 0.0783. The van der Waals surface area contributed by atoms with Crippen LogP contribution in [0.5, 0.6) is 0 Å². The molecule has 0 radical (unpaired) electrons. The zero-order valence-corrected chi connectivity index (χ0v) is 15.3. The molecule has 6 nitrogen and oxygen atoms in total. The number of halogens is 1. The maximum Gasteiger partial charge on any atom is 0.241 e. The van der Waals surface area contributed by atoms with Gasteiger partial charge >= 0.3 is 0 Å². The molecule has 1 aromatic carbocycles. The summed E-state index contributed by atoms with van der Waals surface area (Å²) in [6.45, 7) is 1.76. The summed E-state index contributed by atoms with van der Waals surface area (Å²) in [4.78, 5) is 4.45. The average Bonchev–Trinajstić information content (AvgIpc) is 2.97. The Labute approximate surface area is 151 Å². The van der Waals surface area contributed by atoms with E-state index in [1.807, 2.05) is 24.3 Å². The number of aryl methyl sites for hydroxylation is 1. The lowest BCUT2D eigenvalue weighted by atomic mass is 10.2. The first kappa shape index (κ1) is 17.6. The van der Waals surface area contributed by atoms with Gasteiger partial charge in [0.1, 0.15) is 0 Å². The van der Waals surface area contributed by atoms with Crippen molar-refractivity contribution in [2.75, 3.05) is 0 Å². The van der Waals surface area contributed by atoms with Gasteiger partial charge in [-0.15, -0.1) is 0 Å². The Morgan fingerprint density at radius 1 is 1.20 bits per heavy atom. The predicted octanol–water partition coefficient (Wildman–Crippen LogP) is 2.92. The number of hydrogen-bond donors (Lipinski definition) is 1. The molecule has 130 valence electrons. The fourth-order valence-electron chi connectivity index (χ4n) is 2.49. The number of nitrogens with one attached hydrogen (secondary N) is 1. The first-order chi connectivity index (χ1) is 11.9. The van der Waals surface area contributed by atoms with Gasteiger partial charge < -0.3 is 0 Å². The van der Waals surface area contributed by atoms with Crippen LogP contribution < -0.4 is 4.72 Å². The van der Waals surface area contributed by atoms with E-state index in [2.05, 4.69) is 14.8 Å². The molecule has 0 saturated heterocycles. The summed E-state index contributed by atoms with van der Waals surface area (Å²) >= 11 is 6.01. The minimum atomic E-state index is -3.68. The van der Waals surface area contributed by atoms with Gasteiger partial charge in [-0.2, -0.15) is 5.10 Å². The van der Waals surface area contributed by atoms with Crippen molar-refractivity contribution in [2.24, 2.45) is 7.05 Å². The number of rotatable bonds is 5. The third-order valence-electron chi connectivity index (χ3n) is 3.81. The van der Waals surface area contributed by atoms with Crippen molar-refractivity contribution in [1.29, 1.82) is 0 Å². The van der Waals surface area contributed by atoms with Crippen LogP contribution in [0, 0.1) is 6.92 Å². The number of nitrogens with zero attached hydrogens (tertiary/aromatic N) is 3. The highest BCUT2D eigenvalue weighted by Crippen LogP contribution is 2.23. The van der Waals surface area contributed by atoms with Crippen molar-refractivity contribution < 1.29 is 8.42 Å². The van der Waals surface area contributed by atoms with Crippen LogP contribution in [-0.2, 0) is 23.6 Å². The number of aromatic nitrogens is 3. The molecule has 0 amide bonds. The summed E-state index contributed by atoms with van der Waals surface area (Å²) in [5, 5.41) is 4.76. The standard InChI is InChI=1S/C17H17ClN4O2S/c1-12-14(18)6-5-8-17(12)25(23,24)20-11-13-10-16(22(2)21-13)15-7-3-4-9-19-15/h3-10,20H,11H2,1-2H3. The molecule has 0 fully saturated rings. The molecule has 2 aromatic heterocycles. The molecule has 3 aromatic rings. The van der Waals surface area contributed by atoms with Crippen molar-refractivity contribution in [3.05, 3.63) is 64.9 Å². The van der Waals surface area contributed by atoms with Gasteiger partial charge in [0, 0.05) is 18.3 Å². The molecule has 0 bridgehead atoms. The van der Waals surface area contributed by atoms with E-state index in [0.29, 0.717) is 16.3 Å². The van der Waals surface area contributed by atoms with Gasteiger partial charge in [0.05, 0.1) is 28.5 Å². The summed E-state index contributed by atoms with van der Waals surface area (Å²) in [5.74, 6) is 0. The molecular formula is C17H17ClN4O2S. The monoisotopic (exact) mass is 376 g/mol. The minimum Gasteiger partial charge on any atom is -0.266 e. The highest BCUT2D eigenvalue weighted by molar-refractivity contribution is 7.89. The van der Waals surface area contributed by atoms with Gasteiger partial charge in [-0.3, -0.25) is 9.67 Å². The summed E-state index contributed by atoms with van der Waals surface area (Å²) in [5.41, 5.74) is 2.71. The van der Waals surface area contributed by atoms with Crippen LogP contribution in [-0.4, -0.2) is 23.2 Å². The molecule has 0 aliphatic heterocycles. The second-order valence-electron chi connectivity index (χ2n) is 5.55. The van der Waals surface area contributed by atoms with Crippen molar-refractivity contribution in [1.82, 2.24) is 19.5 Å². The van der Waals surface area contributed by atoms with Crippen LogP contribution in [0.3, 0.4) is 0 Å². The molecule has 0 aliphatic carbocycles. The summed E-state index contributed by atoms with van der Waals surface area (Å²) < 4.78 is 29.3. The van der Waals surface area contributed by atoms with Crippen molar-refractivity contribution in [3.63, 3.8) is 0 Å². The lowest BCUT2D eigenvalue weighted by Gasteiger charge is -2.09. The summed E-state index contributed by atoms with van der Waals surface area (Å²) in [6, 6.07) is 12.2. The molecule has 0 spiro atoms. The van der Waals surface area contributed by atoms with Crippen LogP contribution >= 0.6 is 11.6 Å². The molecule has 0 aliphatic rings. The van der Waals surface area contributed by atoms with Crippen molar-refractivity contribution >= 4 is 21.6 Å². The third-order valence-corrected chi connectivity index (χ3v) is 5.76. The van der Waals surface area contributed by atoms with Crippen LogP contribution in [0.25, 0.3) is 11.4 Å². The molecule has 8 heteroatoms. The number of benzene rings is 1. The Kier molecular flexibility index (Phi) is 4.89. The molecule has 25 heavy (non-hydrogen) atoms. The van der Waals surface area contributed by atoms with E-state index in [1.54, 1.807) is 37.0 Å². The molecule has 3 rings (SSSR count). The predicted molar refractivity (Wildman–Crippen MR) is 96.7 cm³/mol. The van der Waals surface area contributed by atoms with Crippen LogP contribution in [0.15, 0.2) is 53.6 Å². The van der Waals surface area contributed by atoms with E-state index in [0.717, 1.165) is 11.4 Å². The van der Waals surface area contributed by atoms with Crippen molar-refractivity contribution in [3.8, 4) is 11.4 Å².